The van der Waals surface area contributed by atoms with Gasteiger partial charge in [-0.15, -0.1) is 0 Å². The molecule has 4 heteroatoms. The number of fused-ring (bicyclic) bond motifs is 3. The number of nitrogens with zero attached hydrogens (tertiary/aromatic N) is 2. The molecular formula is C34H29N2OP. The maximum atomic E-state index is 14.8. The van der Waals surface area contributed by atoms with E-state index in [0.717, 1.165) is 73.1 Å². The SMILES string of the molecule is CCc1ccc2ccc3c(-c4ccc(P(=O)(c5ccccc5)c5ccccc5)cc4)cc(CC)nc3c2n1. The highest BCUT2D eigenvalue weighted by atomic mass is 31.2. The van der Waals surface area contributed by atoms with Crippen LogP contribution in [0.2, 0.25) is 0 Å². The molecule has 0 unspecified atom stereocenters. The Hall–Kier alpha value is -4.07. The third kappa shape index (κ3) is 4.14. The third-order valence-electron chi connectivity index (χ3n) is 7.26. The molecule has 0 spiro atoms. The summed E-state index contributed by atoms with van der Waals surface area (Å²) in [6.07, 6.45) is 1.72. The van der Waals surface area contributed by atoms with E-state index in [2.05, 4.69) is 56.3 Å². The minimum atomic E-state index is -3.02. The highest BCUT2D eigenvalue weighted by molar-refractivity contribution is 7.85. The van der Waals surface area contributed by atoms with Crippen molar-refractivity contribution in [2.45, 2.75) is 26.7 Å². The molecule has 2 heterocycles. The first-order valence-corrected chi connectivity index (χ1v) is 14.9. The predicted molar refractivity (Wildman–Crippen MR) is 161 cm³/mol. The molecule has 6 aromatic rings. The fourth-order valence-electron chi connectivity index (χ4n) is 5.16. The third-order valence-corrected chi connectivity index (χ3v) is 10.3. The number of benzene rings is 4. The highest BCUT2D eigenvalue weighted by Crippen LogP contribution is 2.43. The quantitative estimate of drug-likeness (QED) is 0.175. The van der Waals surface area contributed by atoms with Crippen molar-refractivity contribution in [2.75, 3.05) is 0 Å². The van der Waals surface area contributed by atoms with Crippen LogP contribution < -0.4 is 15.9 Å². The largest absolute Gasteiger partial charge is 0.309 e. The normalized spacial score (nSPS) is 11.7. The van der Waals surface area contributed by atoms with Gasteiger partial charge >= 0.3 is 0 Å². The molecule has 2 aromatic heterocycles. The van der Waals surface area contributed by atoms with Crippen LogP contribution in [-0.2, 0) is 17.4 Å². The van der Waals surface area contributed by atoms with E-state index in [-0.39, 0.29) is 0 Å². The van der Waals surface area contributed by atoms with Crippen molar-refractivity contribution in [1.82, 2.24) is 9.97 Å². The average molecular weight is 513 g/mol. The zero-order valence-electron chi connectivity index (χ0n) is 21.6. The van der Waals surface area contributed by atoms with Gasteiger partial charge in [-0.1, -0.05) is 117 Å². The van der Waals surface area contributed by atoms with E-state index in [1.807, 2.05) is 72.8 Å². The Bertz CT molecular complexity index is 1750. The standard InChI is InChI=1S/C34H29N2OP/c1-3-26-19-15-25-18-22-31-32(23-27(4-2)36-34(31)33(25)35-26)24-16-20-30(21-17-24)38(37,28-11-7-5-8-12-28)29-13-9-6-10-14-29/h5-23H,3-4H2,1-2H3. The van der Waals surface area contributed by atoms with Gasteiger partial charge in [-0.25, -0.2) is 0 Å². The van der Waals surface area contributed by atoms with Crippen molar-refractivity contribution in [3.05, 3.63) is 127 Å². The van der Waals surface area contributed by atoms with Crippen LogP contribution in [0.25, 0.3) is 32.9 Å². The second kappa shape index (κ2) is 10.0. The first-order chi connectivity index (χ1) is 18.6. The molecule has 0 saturated heterocycles. The zero-order valence-corrected chi connectivity index (χ0v) is 22.5. The number of hydrogen-bond acceptors (Lipinski definition) is 3. The Labute approximate surface area is 223 Å². The highest BCUT2D eigenvalue weighted by Gasteiger charge is 2.29. The van der Waals surface area contributed by atoms with Gasteiger partial charge in [0.15, 0.2) is 7.14 Å². The zero-order chi connectivity index (χ0) is 26.1. The maximum absolute atomic E-state index is 14.8. The van der Waals surface area contributed by atoms with Gasteiger partial charge in [-0.2, -0.15) is 0 Å². The molecule has 0 aliphatic rings. The Morgan fingerprint density at radius 1 is 0.579 bits per heavy atom. The second-order valence-electron chi connectivity index (χ2n) is 9.53. The van der Waals surface area contributed by atoms with Crippen LogP contribution in [0.4, 0.5) is 0 Å². The summed E-state index contributed by atoms with van der Waals surface area (Å²) in [6, 6.07) is 38.6. The lowest BCUT2D eigenvalue weighted by atomic mass is 9.98. The number of hydrogen-bond donors (Lipinski definition) is 0. The van der Waals surface area contributed by atoms with Crippen LogP contribution in [0.3, 0.4) is 0 Å². The van der Waals surface area contributed by atoms with Crippen LogP contribution in [0.5, 0.6) is 0 Å². The lowest BCUT2D eigenvalue weighted by Gasteiger charge is -2.20. The summed E-state index contributed by atoms with van der Waals surface area (Å²) in [4.78, 5) is 9.96. The molecule has 0 aliphatic carbocycles. The van der Waals surface area contributed by atoms with E-state index in [0.29, 0.717) is 0 Å². The predicted octanol–water partition coefficient (Wildman–Crippen LogP) is 7.21. The molecule has 0 aliphatic heterocycles. The molecule has 0 N–H and O–H groups in total. The lowest BCUT2D eigenvalue weighted by molar-refractivity contribution is 0.592. The minimum absolute atomic E-state index is 0.826. The Morgan fingerprint density at radius 2 is 1.13 bits per heavy atom. The van der Waals surface area contributed by atoms with E-state index in [1.54, 1.807) is 0 Å². The van der Waals surface area contributed by atoms with Crippen LogP contribution >= 0.6 is 7.14 Å². The molecule has 186 valence electrons. The fourth-order valence-corrected chi connectivity index (χ4v) is 7.80. The summed E-state index contributed by atoms with van der Waals surface area (Å²) in [5.41, 5.74) is 6.19. The van der Waals surface area contributed by atoms with Gasteiger partial charge in [0, 0.05) is 38.1 Å². The van der Waals surface area contributed by atoms with Crippen molar-refractivity contribution < 1.29 is 4.57 Å². The van der Waals surface area contributed by atoms with Crippen LogP contribution in [0.15, 0.2) is 115 Å². The molecule has 3 nitrogen and oxygen atoms in total. The number of pyridine rings is 2. The average Bonchev–Trinajstić information content (AvgIpc) is 3.00. The molecule has 0 saturated carbocycles. The molecule has 0 amide bonds. The van der Waals surface area contributed by atoms with Gasteiger partial charge in [0.05, 0.1) is 11.0 Å². The summed E-state index contributed by atoms with van der Waals surface area (Å²) in [6.45, 7) is 4.26. The van der Waals surface area contributed by atoms with Gasteiger partial charge in [0.25, 0.3) is 0 Å². The molecule has 0 radical (unpaired) electrons. The maximum Gasteiger partial charge on any atom is 0.171 e. The van der Waals surface area contributed by atoms with Crippen molar-refractivity contribution in [2.24, 2.45) is 0 Å². The second-order valence-corrected chi connectivity index (χ2v) is 12.3. The molecule has 38 heavy (non-hydrogen) atoms. The van der Waals surface area contributed by atoms with E-state index < -0.39 is 7.14 Å². The number of aryl methyl sites for hydroxylation is 2. The van der Waals surface area contributed by atoms with Crippen LogP contribution in [0, 0.1) is 0 Å². The van der Waals surface area contributed by atoms with Crippen LogP contribution in [0.1, 0.15) is 25.2 Å². The van der Waals surface area contributed by atoms with Crippen molar-refractivity contribution in [3.63, 3.8) is 0 Å². The van der Waals surface area contributed by atoms with E-state index in [1.165, 1.54) is 0 Å². The monoisotopic (exact) mass is 512 g/mol. The van der Waals surface area contributed by atoms with Crippen molar-refractivity contribution >= 4 is 44.9 Å². The molecule has 0 atom stereocenters. The summed E-state index contributed by atoms with van der Waals surface area (Å²) < 4.78 is 14.8. The van der Waals surface area contributed by atoms with Crippen LogP contribution in [-0.4, -0.2) is 9.97 Å². The Balaban J connectivity index is 1.53. The molecular weight excluding hydrogens is 483 g/mol. The summed E-state index contributed by atoms with van der Waals surface area (Å²) in [5.74, 6) is 0. The first-order valence-electron chi connectivity index (χ1n) is 13.2. The Kier molecular flexibility index (Phi) is 6.39. The number of rotatable bonds is 6. The van der Waals surface area contributed by atoms with Crippen molar-refractivity contribution in [1.29, 1.82) is 0 Å². The molecule has 0 bridgehead atoms. The van der Waals surface area contributed by atoms with Gasteiger partial charge in [-0.05, 0) is 36.1 Å². The number of aromatic nitrogens is 2. The summed E-state index contributed by atoms with van der Waals surface area (Å²) in [5, 5.41) is 4.69. The smallest absolute Gasteiger partial charge is 0.171 e. The van der Waals surface area contributed by atoms with E-state index in [9.17, 15) is 4.57 Å². The lowest BCUT2D eigenvalue weighted by Crippen LogP contribution is -2.24. The topological polar surface area (TPSA) is 42.9 Å². The van der Waals surface area contributed by atoms with Crippen molar-refractivity contribution in [3.8, 4) is 11.1 Å². The van der Waals surface area contributed by atoms with E-state index in [4.69, 9.17) is 9.97 Å². The van der Waals surface area contributed by atoms with Gasteiger partial charge in [0.2, 0.25) is 0 Å². The van der Waals surface area contributed by atoms with E-state index >= 15 is 0 Å². The summed E-state index contributed by atoms with van der Waals surface area (Å²) in [7, 11) is -3.02. The van der Waals surface area contributed by atoms with Gasteiger partial charge in [-0.3, -0.25) is 9.97 Å². The molecule has 0 fully saturated rings. The molecule has 6 rings (SSSR count). The summed E-state index contributed by atoms with van der Waals surface area (Å²) >= 11 is 0. The molecule has 4 aromatic carbocycles. The first kappa shape index (κ1) is 24.3. The fraction of sp³-hybridized carbons (Fsp3) is 0.118. The Morgan fingerprint density at radius 3 is 1.74 bits per heavy atom. The minimum Gasteiger partial charge on any atom is -0.309 e. The van der Waals surface area contributed by atoms with Gasteiger partial charge in [0.1, 0.15) is 0 Å². The van der Waals surface area contributed by atoms with Gasteiger partial charge < -0.3 is 4.57 Å².